The van der Waals surface area contributed by atoms with Gasteiger partial charge in [0, 0.05) is 24.7 Å². The second-order valence-electron chi connectivity index (χ2n) is 7.76. The summed E-state index contributed by atoms with van der Waals surface area (Å²) in [6.07, 6.45) is 6.52. The number of sulfonamides is 1. The summed E-state index contributed by atoms with van der Waals surface area (Å²) in [7, 11) is -3.65. The van der Waals surface area contributed by atoms with Crippen LogP contribution in [-0.2, 0) is 14.8 Å². The Labute approximate surface area is 155 Å². The van der Waals surface area contributed by atoms with Crippen molar-refractivity contribution >= 4 is 15.9 Å². The Morgan fingerprint density at radius 2 is 1.73 bits per heavy atom. The monoisotopic (exact) mass is 377 g/mol. The van der Waals surface area contributed by atoms with E-state index in [1.807, 2.05) is 0 Å². The largest absolute Gasteiger partial charge is 0.352 e. The first-order valence-electron chi connectivity index (χ1n) is 9.67. The number of nitrogens with zero attached hydrogens (tertiary/aromatic N) is 1. The number of nitrogens with one attached hydrogen (secondary N) is 2. The van der Waals surface area contributed by atoms with Gasteiger partial charge in [-0.25, -0.2) is 8.42 Å². The average Bonchev–Trinajstić information content (AvgIpc) is 3.00. The molecule has 0 aliphatic carbocycles. The van der Waals surface area contributed by atoms with E-state index in [1.165, 1.54) is 17.1 Å². The van der Waals surface area contributed by atoms with Gasteiger partial charge < -0.3 is 10.6 Å². The minimum absolute atomic E-state index is 0.129. The zero-order chi connectivity index (χ0) is 18.1. The van der Waals surface area contributed by atoms with E-state index in [0.717, 1.165) is 25.7 Å². The Balaban J connectivity index is 1.49. The van der Waals surface area contributed by atoms with Crippen LogP contribution in [0.2, 0.25) is 0 Å². The molecule has 2 N–H and O–H groups in total. The number of carbonyl (C=O) groups excluding carboxylic acids is 1. The maximum atomic E-state index is 13.0. The van der Waals surface area contributed by atoms with Crippen LogP contribution in [0.15, 0.2) is 35.2 Å². The molecule has 3 aliphatic rings. The van der Waals surface area contributed by atoms with Gasteiger partial charge in [0.25, 0.3) is 0 Å². The predicted octanol–water partition coefficient (Wildman–Crippen LogP) is 1.63. The summed E-state index contributed by atoms with van der Waals surface area (Å²) in [5.41, 5.74) is 0. The number of carbonyl (C=O) groups is 1. The summed E-state index contributed by atoms with van der Waals surface area (Å²) in [4.78, 5) is 13.2. The van der Waals surface area contributed by atoms with Crippen molar-refractivity contribution in [3.8, 4) is 0 Å². The molecule has 1 aromatic rings. The minimum atomic E-state index is -3.65. The fraction of sp³-hybridized carbons (Fsp3) is 0.632. The molecule has 3 saturated heterocycles. The Bertz CT molecular complexity index is 741. The van der Waals surface area contributed by atoms with Gasteiger partial charge in [0.2, 0.25) is 15.9 Å². The van der Waals surface area contributed by atoms with Crippen LogP contribution in [0.25, 0.3) is 0 Å². The number of benzene rings is 1. The van der Waals surface area contributed by atoms with Gasteiger partial charge >= 0.3 is 0 Å². The highest BCUT2D eigenvalue weighted by atomic mass is 32.2. The van der Waals surface area contributed by atoms with E-state index in [0.29, 0.717) is 25.0 Å². The molecule has 3 atom stereocenters. The topological polar surface area (TPSA) is 78.5 Å². The second-order valence-corrected chi connectivity index (χ2v) is 9.65. The van der Waals surface area contributed by atoms with E-state index in [-0.39, 0.29) is 16.8 Å². The molecule has 142 valence electrons. The third kappa shape index (κ3) is 3.52. The lowest BCUT2D eigenvalue weighted by Gasteiger charge is -2.36. The maximum absolute atomic E-state index is 13.0. The highest BCUT2D eigenvalue weighted by Gasteiger charge is 2.40. The van der Waals surface area contributed by atoms with Crippen LogP contribution in [-0.4, -0.2) is 49.3 Å². The molecule has 3 aliphatic heterocycles. The summed E-state index contributed by atoms with van der Waals surface area (Å²) in [6.45, 7) is 0.410. The van der Waals surface area contributed by atoms with Gasteiger partial charge in [0.1, 0.15) is 6.04 Å². The molecule has 26 heavy (non-hydrogen) atoms. The summed E-state index contributed by atoms with van der Waals surface area (Å²) >= 11 is 0. The van der Waals surface area contributed by atoms with Crippen molar-refractivity contribution < 1.29 is 13.2 Å². The zero-order valence-electron chi connectivity index (χ0n) is 14.9. The van der Waals surface area contributed by atoms with Crippen LogP contribution in [0.4, 0.5) is 0 Å². The van der Waals surface area contributed by atoms with Crippen molar-refractivity contribution in [1.29, 1.82) is 0 Å². The molecular weight excluding hydrogens is 350 g/mol. The van der Waals surface area contributed by atoms with Crippen LogP contribution in [0.1, 0.15) is 44.9 Å². The highest BCUT2D eigenvalue weighted by molar-refractivity contribution is 7.89. The van der Waals surface area contributed by atoms with Gasteiger partial charge in [0.05, 0.1) is 4.90 Å². The predicted molar refractivity (Wildman–Crippen MR) is 99.1 cm³/mol. The molecule has 3 unspecified atom stereocenters. The first kappa shape index (κ1) is 17.9. The van der Waals surface area contributed by atoms with E-state index < -0.39 is 16.1 Å². The SMILES string of the molecule is O=C(NC1CC2CCC(C1)N2)C1CCCCN1S(=O)(=O)c1ccccc1. The van der Waals surface area contributed by atoms with Crippen LogP contribution >= 0.6 is 0 Å². The molecule has 0 spiro atoms. The number of fused-ring (bicyclic) bond motifs is 2. The average molecular weight is 378 g/mol. The third-order valence-corrected chi connectivity index (χ3v) is 7.85. The smallest absolute Gasteiger partial charge is 0.243 e. The Morgan fingerprint density at radius 3 is 2.42 bits per heavy atom. The second kappa shape index (κ2) is 7.29. The standard InChI is InChI=1S/C19H27N3O3S/c23-19(21-16-12-14-9-10-15(13-16)20-14)18-8-4-5-11-22(18)26(24,25)17-6-2-1-3-7-17/h1-3,6-7,14-16,18,20H,4-5,8-13H2,(H,21,23). The Kier molecular flexibility index (Phi) is 5.03. The van der Waals surface area contributed by atoms with Crippen LogP contribution in [0.3, 0.4) is 0 Å². The maximum Gasteiger partial charge on any atom is 0.243 e. The third-order valence-electron chi connectivity index (χ3n) is 5.93. The van der Waals surface area contributed by atoms with E-state index in [2.05, 4.69) is 10.6 Å². The lowest BCUT2D eigenvalue weighted by Crippen LogP contribution is -2.56. The summed E-state index contributed by atoms with van der Waals surface area (Å²) < 4.78 is 27.5. The molecule has 2 bridgehead atoms. The van der Waals surface area contributed by atoms with E-state index in [1.54, 1.807) is 30.3 Å². The molecule has 6 nitrogen and oxygen atoms in total. The van der Waals surface area contributed by atoms with Crippen molar-refractivity contribution in [2.75, 3.05) is 6.54 Å². The highest BCUT2D eigenvalue weighted by Crippen LogP contribution is 2.28. The lowest BCUT2D eigenvalue weighted by molar-refractivity contribution is -0.126. The van der Waals surface area contributed by atoms with Gasteiger partial charge in [-0.05, 0) is 50.7 Å². The lowest BCUT2D eigenvalue weighted by atomic mass is 9.98. The fourth-order valence-corrected chi connectivity index (χ4v) is 6.33. The summed E-state index contributed by atoms with van der Waals surface area (Å²) in [5.74, 6) is -0.129. The van der Waals surface area contributed by atoms with E-state index in [9.17, 15) is 13.2 Å². The minimum Gasteiger partial charge on any atom is -0.352 e. The fourth-order valence-electron chi connectivity index (χ4n) is 4.66. The van der Waals surface area contributed by atoms with Crippen LogP contribution in [0.5, 0.6) is 0 Å². The molecule has 3 fully saturated rings. The molecule has 7 heteroatoms. The van der Waals surface area contributed by atoms with Gasteiger partial charge in [0.15, 0.2) is 0 Å². The number of amides is 1. The number of rotatable bonds is 4. The Morgan fingerprint density at radius 1 is 1.04 bits per heavy atom. The summed E-state index contributed by atoms with van der Waals surface area (Å²) in [5, 5.41) is 6.73. The van der Waals surface area contributed by atoms with Crippen LogP contribution < -0.4 is 10.6 Å². The Hall–Kier alpha value is -1.44. The van der Waals surface area contributed by atoms with E-state index >= 15 is 0 Å². The van der Waals surface area contributed by atoms with Crippen molar-refractivity contribution in [2.45, 2.75) is 74.0 Å². The molecule has 4 rings (SSSR count). The number of hydrogen-bond donors (Lipinski definition) is 2. The normalized spacial score (nSPS) is 32.3. The van der Waals surface area contributed by atoms with Crippen molar-refractivity contribution in [2.24, 2.45) is 0 Å². The first-order chi connectivity index (χ1) is 12.5. The zero-order valence-corrected chi connectivity index (χ0v) is 15.7. The van der Waals surface area contributed by atoms with Gasteiger partial charge in [-0.15, -0.1) is 0 Å². The van der Waals surface area contributed by atoms with Gasteiger partial charge in [-0.2, -0.15) is 4.31 Å². The molecule has 0 saturated carbocycles. The van der Waals surface area contributed by atoms with Gasteiger partial charge in [-0.1, -0.05) is 24.6 Å². The van der Waals surface area contributed by atoms with Crippen molar-refractivity contribution in [3.05, 3.63) is 30.3 Å². The molecular formula is C19H27N3O3S. The molecule has 0 radical (unpaired) electrons. The number of piperidine rings is 2. The molecule has 0 aromatic heterocycles. The summed E-state index contributed by atoms with van der Waals surface area (Å²) in [6, 6.07) is 8.99. The van der Waals surface area contributed by atoms with Crippen molar-refractivity contribution in [1.82, 2.24) is 14.9 Å². The quantitative estimate of drug-likeness (QED) is 0.836. The first-order valence-corrected chi connectivity index (χ1v) is 11.1. The number of hydrogen-bond acceptors (Lipinski definition) is 4. The van der Waals surface area contributed by atoms with Gasteiger partial charge in [-0.3, -0.25) is 4.79 Å². The van der Waals surface area contributed by atoms with Crippen LogP contribution in [0, 0.1) is 0 Å². The molecule has 1 aromatic carbocycles. The molecule has 1 amide bonds. The molecule has 3 heterocycles. The van der Waals surface area contributed by atoms with Crippen molar-refractivity contribution in [3.63, 3.8) is 0 Å². The van der Waals surface area contributed by atoms with E-state index in [4.69, 9.17) is 0 Å².